The molecular weight excluding hydrogens is 310 g/mol. The molecule has 0 aromatic carbocycles. The molecule has 0 bridgehead atoms. The summed E-state index contributed by atoms with van der Waals surface area (Å²) < 4.78 is 11.2. The van der Waals surface area contributed by atoms with E-state index in [2.05, 4.69) is 37.7 Å². The molecule has 0 radical (unpaired) electrons. The van der Waals surface area contributed by atoms with E-state index in [9.17, 15) is 0 Å². The molecule has 1 saturated heterocycles. The van der Waals surface area contributed by atoms with Crippen LogP contribution in [0.2, 0.25) is 0 Å². The molecule has 106 valence electrons. The summed E-state index contributed by atoms with van der Waals surface area (Å²) in [7, 11) is 0. The molecule has 0 aliphatic carbocycles. The first kappa shape index (κ1) is 14.5. The third-order valence-electron chi connectivity index (χ3n) is 2.87. The van der Waals surface area contributed by atoms with Crippen LogP contribution in [0.25, 0.3) is 0 Å². The predicted molar refractivity (Wildman–Crippen MR) is 78.3 cm³/mol. The van der Waals surface area contributed by atoms with Gasteiger partial charge in [-0.1, -0.05) is 22.9 Å². The SMILES string of the molecule is CCCOc1cc(C)nc(N2CCOC(CBr)C2)n1. The van der Waals surface area contributed by atoms with Gasteiger partial charge < -0.3 is 14.4 Å². The lowest BCUT2D eigenvalue weighted by molar-refractivity contribution is 0.0564. The molecule has 5 nitrogen and oxygen atoms in total. The van der Waals surface area contributed by atoms with Crippen molar-refractivity contribution in [2.24, 2.45) is 0 Å². The molecule has 1 aliphatic rings. The predicted octanol–water partition coefficient (Wildman–Crippen LogP) is 2.17. The molecule has 1 fully saturated rings. The molecule has 0 amide bonds. The van der Waals surface area contributed by atoms with Gasteiger partial charge in [0.25, 0.3) is 0 Å². The summed E-state index contributed by atoms with van der Waals surface area (Å²) in [6.07, 6.45) is 1.17. The molecule has 1 unspecified atom stereocenters. The van der Waals surface area contributed by atoms with E-state index in [0.717, 1.165) is 36.5 Å². The standard InChI is InChI=1S/C13H20BrN3O2/c1-3-5-19-12-7-10(2)15-13(16-12)17-4-6-18-11(8-14)9-17/h7,11H,3-6,8-9H2,1-2H3. The van der Waals surface area contributed by atoms with E-state index in [0.29, 0.717) is 19.1 Å². The zero-order valence-corrected chi connectivity index (χ0v) is 13.0. The van der Waals surface area contributed by atoms with Crippen LogP contribution in [-0.4, -0.2) is 47.7 Å². The van der Waals surface area contributed by atoms with Crippen LogP contribution < -0.4 is 9.64 Å². The number of anilines is 1. The van der Waals surface area contributed by atoms with E-state index < -0.39 is 0 Å². The number of aromatic nitrogens is 2. The van der Waals surface area contributed by atoms with Gasteiger partial charge in [-0.2, -0.15) is 4.98 Å². The first-order chi connectivity index (χ1) is 9.22. The second kappa shape index (κ2) is 7.05. The highest BCUT2D eigenvalue weighted by Crippen LogP contribution is 2.18. The molecule has 6 heteroatoms. The summed E-state index contributed by atoms with van der Waals surface area (Å²) in [5.74, 6) is 1.39. The fourth-order valence-corrected chi connectivity index (χ4v) is 2.33. The molecular formula is C13H20BrN3O2. The number of nitrogens with zero attached hydrogens (tertiary/aromatic N) is 3. The van der Waals surface area contributed by atoms with Crippen molar-refractivity contribution in [3.8, 4) is 5.88 Å². The lowest BCUT2D eigenvalue weighted by Gasteiger charge is -2.32. The minimum absolute atomic E-state index is 0.192. The van der Waals surface area contributed by atoms with Gasteiger partial charge in [-0.05, 0) is 13.3 Å². The number of hydrogen-bond acceptors (Lipinski definition) is 5. The number of rotatable bonds is 5. The van der Waals surface area contributed by atoms with E-state index in [-0.39, 0.29) is 6.10 Å². The molecule has 2 rings (SSSR count). The number of morpholine rings is 1. The second-order valence-electron chi connectivity index (χ2n) is 4.59. The Morgan fingerprint density at radius 3 is 3.11 bits per heavy atom. The minimum atomic E-state index is 0.192. The molecule has 0 saturated carbocycles. The van der Waals surface area contributed by atoms with Gasteiger partial charge >= 0.3 is 0 Å². The molecule has 1 aromatic heterocycles. The average Bonchev–Trinajstić information content (AvgIpc) is 2.44. The minimum Gasteiger partial charge on any atom is -0.478 e. The zero-order chi connectivity index (χ0) is 13.7. The summed E-state index contributed by atoms with van der Waals surface area (Å²) in [6.45, 7) is 7.06. The maximum atomic E-state index is 5.63. The Balaban J connectivity index is 2.11. The van der Waals surface area contributed by atoms with Crippen molar-refractivity contribution in [2.75, 3.05) is 36.5 Å². The fourth-order valence-electron chi connectivity index (χ4n) is 1.94. The van der Waals surface area contributed by atoms with Gasteiger partial charge in [0.05, 0.1) is 19.3 Å². The highest BCUT2D eigenvalue weighted by atomic mass is 79.9. The summed E-state index contributed by atoms with van der Waals surface area (Å²) in [5, 5.41) is 0.828. The van der Waals surface area contributed by atoms with Crippen LogP contribution in [0, 0.1) is 6.92 Å². The maximum Gasteiger partial charge on any atom is 0.229 e. The number of aryl methyl sites for hydroxylation is 1. The Morgan fingerprint density at radius 2 is 2.37 bits per heavy atom. The maximum absolute atomic E-state index is 5.63. The van der Waals surface area contributed by atoms with Crippen LogP contribution >= 0.6 is 15.9 Å². The van der Waals surface area contributed by atoms with Gasteiger partial charge in [0.2, 0.25) is 11.8 Å². The Kier molecular flexibility index (Phi) is 5.39. The van der Waals surface area contributed by atoms with Crippen molar-refractivity contribution < 1.29 is 9.47 Å². The molecule has 2 heterocycles. The van der Waals surface area contributed by atoms with Gasteiger partial charge in [0.15, 0.2) is 0 Å². The van der Waals surface area contributed by atoms with Crippen molar-refractivity contribution >= 4 is 21.9 Å². The van der Waals surface area contributed by atoms with Crippen molar-refractivity contribution in [3.63, 3.8) is 0 Å². The van der Waals surface area contributed by atoms with E-state index in [4.69, 9.17) is 9.47 Å². The van der Waals surface area contributed by atoms with Crippen LogP contribution in [0.5, 0.6) is 5.88 Å². The van der Waals surface area contributed by atoms with Crippen molar-refractivity contribution in [1.82, 2.24) is 9.97 Å². The Bertz CT molecular complexity index is 417. The normalized spacial score (nSPS) is 19.5. The molecule has 1 aromatic rings. The third-order valence-corrected chi connectivity index (χ3v) is 3.59. The zero-order valence-electron chi connectivity index (χ0n) is 11.4. The van der Waals surface area contributed by atoms with E-state index >= 15 is 0 Å². The smallest absolute Gasteiger partial charge is 0.229 e. The number of alkyl halides is 1. The van der Waals surface area contributed by atoms with Crippen LogP contribution in [-0.2, 0) is 4.74 Å². The molecule has 1 atom stereocenters. The average molecular weight is 330 g/mol. The Hall–Kier alpha value is -0.880. The van der Waals surface area contributed by atoms with Crippen molar-refractivity contribution in [2.45, 2.75) is 26.4 Å². The van der Waals surface area contributed by atoms with Gasteiger partial charge in [-0.25, -0.2) is 4.98 Å². The van der Waals surface area contributed by atoms with Crippen LogP contribution in [0.4, 0.5) is 5.95 Å². The second-order valence-corrected chi connectivity index (χ2v) is 5.24. The third kappa shape index (κ3) is 4.04. The highest BCUT2D eigenvalue weighted by Gasteiger charge is 2.22. The van der Waals surface area contributed by atoms with Gasteiger partial charge in [0, 0.05) is 30.2 Å². The summed E-state index contributed by atoms with van der Waals surface area (Å²) in [6, 6.07) is 1.88. The molecule has 1 aliphatic heterocycles. The number of halogens is 1. The van der Waals surface area contributed by atoms with Crippen LogP contribution in [0.1, 0.15) is 19.0 Å². The Labute approximate surface area is 122 Å². The van der Waals surface area contributed by atoms with Gasteiger partial charge in [-0.3, -0.25) is 0 Å². The van der Waals surface area contributed by atoms with Crippen molar-refractivity contribution in [1.29, 1.82) is 0 Å². The number of ether oxygens (including phenoxy) is 2. The molecule has 0 N–H and O–H groups in total. The van der Waals surface area contributed by atoms with Crippen LogP contribution in [0.3, 0.4) is 0 Å². The monoisotopic (exact) mass is 329 g/mol. The van der Waals surface area contributed by atoms with E-state index in [1.165, 1.54) is 0 Å². The topological polar surface area (TPSA) is 47.5 Å². The van der Waals surface area contributed by atoms with Gasteiger partial charge in [0.1, 0.15) is 0 Å². The lowest BCUT2D eigenvalue weighted by Crippen LogP contribution is -2.44. The van der Waals surface area contributed by atoms with Crippen LogP contribution in [0.15, 0.2) is 6.07 Å². The first-order valence-electron chi connectivity index (χ1n) is 6.64. The molecule has 0 spiro atoms. The summed E-state index contributed by atoms with van der Waals surface area (Å²) in [4.78, 5) is 11.1. The summed E-state index contributed by atoms with van der Waals surface area (Å²) in [5.41, 5.74) is 0.929. The van der Waals surface area contributed by atoms with Crippen molar-refractivity contribution in [3.05, 3.63) is 11.8 Å². The van der Waals surface area contributed by atoms with E-state index in [1.54, 1.807) is 0 Å². The number of hydrogen-bond donors (Lipinski definition) is 0. The lowest BCUT2D eigenvalue weighted by atomic mass is 10.3. The van der Waals surface area contributed by atoms with Gasteiger partial charge in [-0.15, -0.1) is 0 Å². The molecule has 19 heavy (non-hydrogen) atoms. The van der Waals surface area contributed by atoms with E-state index in [1.807, 2.05) is 13.0 Å². The highest BCUT2D eigenvalue weighted by molar-refractivity contribution is 9.09. The summed E-state index contributed by atoms with van der Waals surface area (Å²) >= 11 is 3.46. The quantitative estimate of drug-likeness (QED) is 0.775. The largest absolute Gasteiger partial charge is 0.478 e. The Morgan fingerprint density at radius 1 is 1.53 bits per heavy atom. The first-order valence-corrected chi connectivity index (χ1v) is 7.76. The fraction of sp³-hybridized carbons (Fsp3) is 0.692.